The van der Waals surface area contributed by atoms with Gasteiger partial charge in [0.25, 0.3) is 0 Å². The highest BCUT2D eigenvalue weighted by Gasteiger charge is 2.29. The first-order valence-corrected chi connectivity index (χ1v) is 10.5. The maximum absolute atomic E-state index is 13.8. The van der Waals surface area contributed by atoms with Gasteiger partial charge in [0, 0.05) is 4.47 Å². The minimum Gasteiger partial charge on any atom is -0.302 e. The van der Waals surface area contributed by atoms with E-state index in [0.29, 0.717) is 9.17 Å². The van der Waals surface area contributed by atoms with E-state index >= 15 is 0 Å². The van der Waals surface area contributed by atoms with E-state index in [2.05, 4.69) is 26.2 Å². The molecule has 2 aromatic carbocycles. The van der Waals surface area contributed by atoms with Crippen molar-refractivity contribution in [2.24, 2.45) is 0 Å². The number of alkyl halides is 2. The summed E-state index contributed by atoms with van der Waals surface area (Å²) in [7, 11) is -4.84. The van der Waals surface area contributed by atoms with Crippen LogP contribution in [0.1, 0.15) is 5.56 Å². The standard InChI is InChI=1S/C16H10BrF3N2O3S2/c17-9-5-6-10(18)13-14(9)26-16(22-13)21-12(23)7-8-3-1-2-4-11(8)27(24,25)15(19)20/h1-6,15H,7H2,(H,21,22,23). The molecule has 0 aliphatic rings. The summed E-state index contributed by atoms with van der Waals surface area (Å²) in [6.07, 6.45) is -0.457. The smallest absolute Gasteiger partial charge is 0.302 e. The van der Waals surface area contributed by atoms with Gasteiger partial charge in [-0.25, -0.2) is 17.8 Å². The van der Waals surface area contributed by atoms with Crippen molar-refractivity contribution in [1.82, 2.24) is 4.98 Å². The largest absolute Gasteiger partial charge is 0.341 e. The molecule has 0 bridgehead atoms. The molecule has 1 aromatic heterocycles. The Balaban J connectivity index is 1.86. The van der Waals surface area contributed by atoms with Gasteiger partial charge in [-0.1, -0.05) is 29.5 Å². The molecule has 1 amide bonds. The monoisotopic (exact) mass is 478 g/mol. The lowest BCUT2D eigenvalue weighted by Crippen LogP contribution is -2.18. The van der Waals surface area contributed by atoms with Crippen LogP contribution in [0.15, 0.2) is 45.8 Å². The number of nitrogens with zero attached hydrogens (tertiary/aromatic N) is 1. The molecule has 142 valence electrons. The van der Waals surface area contributed by atoms with E-state index in [-0.39, 0.29) is 16.2 Å². The maximum Gasteiger partial charge on any atom is 0.341 e. The van der Waals surface area contributed by atoms with Crippen molar-refractivity contribution < 1.29 is 26.4 Å². The predicted octanol–water partition coefficient (Wildman–Crippen LogP) is 4.38. The van der Waals surface area contributed by atoms with Gasteiger partial charge in [0.05, 0.1) is 16.0 Å². The summed E-state index contributed by atoms with van der Waals surface area (Å²) in [5, 5.41) is 2.55. The normalized spacial score (nSPS) is 11.9. The highest BCUT2D eigenvalue weighted by molar-refractivity contribution is 9.10. The summed E-state index contributed by atoms with van der Waals surface area (Å²) in [4.78, 5) is 15.6. The fourth-order valence-corrected chi connectivity index (χ4v) is 4.79. The number of nitrogens with one attached hydrogen (secondary N) is 1. The summed E-state index contributed by atoms with van der Waals surface area (Å²) < 4.78 is 64.0. The number of amides is 1. The lowest BCUT2D eigenvalue weighted by atomic mass is 10.1. The van der Waals surface area contributed by atoms with Crippen LogP contribution in [0.5, 0.6) is 0 Å². The second-order valence-corrected chi connectivity index (χ2v) is 9.10. The third kappa shape index (κ3) is 3.99. The molecular formula is C16H10BrF3N2O3S2. The number of rotatable bonds is 5. The Bertz CT molecular complexity index is 1090. The number of fused-ring (bicyclic) bond motifs is 1. The highest BCUT2D eigenvalue weighted by atomic mass is 79.9. The number of sulfone groups is 1. The Morgan fingerprint density at radius 1 is 1.22 bits per heavy atom. The van der Waals surface area contributed by atoms with Gasteiger partial charge in [-0.2, -0.15) is 8.78 Å². The molecule has 0 aliphatic heterocycles. The number of aromatic nitrogens is 1. The van der Waals surface area contributed by atoms with E-state index in [4.69, 9.17) is 0 Å². The number of carbonyl (C=O) groups is 1. The van der Waals surface area contributed by atoms with Crippen LogP contribution in [0, 0.1) is 5.82 Å². The molecular weight excluding hydrogens is 469 g/mol. The molecule has 0 fully saturated rings. The average Bonchev–Trinajstić information content (AvgIpc) is 3.03. The third-order valence-corrected chi connectivity index (χ3v) is 6.97. The van der Waals surface area contributed by atoms with Crippen molar-refractivity contribution in [1.29, 1.82) is 0 Å². The van der Waals surface area contributed by atoms with E-state index in [1.165, 1.54) is 30.3 Å². The summed E-state index contributed by atoms with van der Waals surface area (Å²) in [5.74, 6) is -4.81. The summed E-state index contributed by atoms with van der Waals surface area (Å²) in [6, 6.07) is 7.77. The quantitative estimate of drug-likeness (QED) is 0.590. The lowest BCUT2D eigenvalue weighted by molar-refractivity contribution is -0.115. The van der Waals surface area contributed by atoms with Crippen molar-refractivity contribution in [3.05, 3.63) is 52.3 Å². The maximum atomic E-state index is 13.8. The topological polar surface area (TPSA) is 76.1 Å². The molecule has 0 radical (unpaired) electrons. The third-order valence-electron chi connectivity index (χ3n) is 3.56. The number of thiazole rings is 1. The zero-order valence-corrected chi connectivity index (χ0v) is 16.5. The lowest BCUT2D eigenvalue weighted by Gasteiger charge is -2.09. The molecule has 0 atom stereocenters. The fourth-order valence-electron chi connectivity index (χ4n) is 2.36. The van der Waals surface area contributed by atoms with Crippen molar-refractivity contribution in [2.45, 2.75) is 17.1 Å². The number of benzene rings is 2. The molecule has 11 heteroatoms. The van der Waals surface area contributed by atoms with E-state index in [9.17, 15) is 26.4 Å². The molecule has 0 spiro atoms. The van der Waals surface area contributed by atoms with E-state index < -0.39 is 38.6 Å². The van der Waals surface area contributed by atoms with E-state index in [1.807, 2.05) is 0 Å². The first-order valence-electron chi connectivity index (χ1n) is 7.34. The summed E-state index contributed by atoms with van der Waals surface area (Å²) >= 11 is 4.29. The average molecular weight is 479 g/mol. The van der Waals surface area contributed by atoms with Crippen LogP contribution in [0.3, 0.4) is 0 Å². The molecule has 0 aliphatic carbocycles. The van der Waals surface area contributed by atoms with Gasteiger partial charge in [-0.3, -0.25) is 4.79 Å². The van der Waals surface area contributed by atoms with Gasteiger partial charge in [0.1, 0.15) is 11.3 Å². The molecule has 5 nitrogen and oxygen atoms in total. The van der Waals surface area contributed by atoms with Crippen LogP contribution in [-0.2, 0) is 21.1 Å². The molecule has 0 saturated heterocycles. The van der Waals surface area contributed by atoms with Crippen molar-refractivity contribution >= 4 is 58.4 Å². The molecule has 1 heterocycles. The Kier molecular flexibility index (Phi) is 5.54. The Hall–Kier alpha value is -1.98. The summed E-state index contributed by atoms with van der Waals surface area (Å²) in [5.41, 5.74) is 0.00845. The Labute approximate surface area is 164 Å². The fraction of sp³-hybridized carbons (Fsp3) is 0.125. The zero-order valence-electron chi connectivity index (χ0n) is 13.2. The van der Waals surface area contributed by atoms with Crippen LogP contribution in [0.4, 0.5) is 18.3 Å². The van der Waals surface area contributed by atoms with Crippen molar-refractivity contribution in [3.8, 4) is 0 Å². The number of hydrogen-bond donors (Lipinski definition) is 1. The van der Waals surface area contributed by atoms with Crippen LogP contribution >= 0.6 is 27.3 Å². The zero-order chi connectivity index (χ0) is 19.8. The second-order valence-electron chi connectivity index (χ2n) is 5.36. The number of halogens is 4. The van der Waals surface area contributed by atoms with Crippen LogP contribution in [0.25, 0.3) is 10.2 Å². The molecule has 3 rings (SSSR count). The highest BCUT2D eigenvalue weighted by Crippen LogP contribution is 2.33. The van der Waals surface area contributed by atoms with Crippen LogP contribution in [0.2, 0.25) is 0 Å². The van der Waals surface area contributed by atoms with Gasteiger partial charge in [0.2, 0.25) is 15.7 Å². The first-order chi connectivity index (χ1) is 12.7. The SMILES string of the molecule is O=C(Cc1ccccc1S(=O)(=O)C(F)F)Nc1nc2c(F)ccc(Br)c2s1. The molecule has 0 unspecified atom stereocenters. The van der Waals surface area contributed by atoms with Crippen LogP contribution in [-0.4, -0.2) is 25.1 Å². The Morgan fingerprint density at radius 2 is 1.93 bits per heavy atom. The first kappa shape index (κ1) is 19.8. The molecule has 1 N–H and O–H groups in total. The number of hydrogen-bond acceptors (Lipinski definition) is 5. The minimum absolute atomic E-state index is 0.0660. The van der Waals surface area contributed by atoms with Gasteiger partial charge in [-0.05, 0) is 39.7 Å². The van der Waals surface area contributed by atoms with Gasteiger partial charge in [-0.15, -0.1) is 0 Å². The van der Waals surface area contributed by atoms with Crippen LogP contribution < -0.4 is 5.32 Å². The molecule has 3 aromatic rings. The van der Waals surface area contributed by atoms with E-state index in [1.54, 1.807) is 0 Å². The number of anilines is 1. The van der Waals surface area contributed by atoms with Crippen molar-refractivity contribution in [2.75, 3.05) is 5.32 Å². The Morgan fingerprint density at radius 3 is 2.59 bits per heavy atom. The predicted molar refractivity (Wildman–Crippen MR) is 99.2 cm³/mol. The van der Waals surface area contributed by atoms with Gasteiger partial charge in [0.15, 0.2) is 5.13 Å². The molecule has 27 heavy (non-hydrogen) atoms. The van der Waals surface area contributed by atoms with Gasteiger partial charge < -0.3 is 5.32 Å². The van der Waals surface area contributed by atoms with Gasteiger partial charge >= 0.3 is 5.76 Å². The van der Waals surface area contributed by atoms with Crippen molar-refractivity contribution in [3.63, 3.8) is 0 Å². The summed E-state index contributed by atoms with van der Waals surface area (Å²) in [6.45, 7) is 0. The minimum atomic E-state index is -4.84. The molecule has 0 saturated carbocycles. The van der Waals surface area contributed by atoms with E-state index in [0.717, 1.165) is 17.4 Å². The second kappa shape index (κ2) is 7.56. The number of carbonyl (C=O) groups excluding carboxylic acids is 1.